The summed E-state index contributed by atoms with van der Waals surface area (Å²) < 4.78 is 25.1. The highest BCUT2D eigenvalue weighted by Gasteiger charge is 2.10. The molecule has 0 radical (unpaired) electrons. The van der Waals surface area contributed by atoms with Gasteiger partial charge in [-0.15, -0.1) is 0 Å². The second-order valence-corrected chi connectivity index (χ2v) is 5.54. The zero-order valence-corrected chi connectivity index (χ0v) is 10.3. The zero-order chi connectivity index (χ0) is 13.0. The Kier molecular flexibility index (Phi) is 3.55. The Labute approximate surface area is 105 Å². The first-order valence-electron chi connectivity index (χ1n) is 5.29. The van der Waals surface area contributed by atoms with Crippen LogP contribution in [0.15, 0.2) is 36.5 Å². The summed E-state index contributed by atoms with van der Waals surface area (Å²) in [6, 6.07) is 10.9. The van der Waals surface area contributed by atoms with Crippen molar-refractivity contribution in [2.45, 2.75) is 6.54 Å². The number of nitrogens with one attached hydrogen (secondary N) is 1. The van der Waals surface area contributed by atoms with Gasteiger partial charge in [0, 0.05) is 18.1 Å². The molecule has 0 amide bonds. The fraction of sp³-hybridized carbons (Fsp3) is 0.167. The maximum atomic E-state index is 11.4. The number of benzene rings is 1. The highest BCUT2D eigenvalue weighted by atomic mass is 32.2. The highest BCUT2D eigenvalue weighted by Crippen LogP contribution is 2.15. The number of sulfonamides is 1. The van der Waals surface area contributed by atoms with Crippen LogP contribution in [0.1, 0.15) is 5.56 Å². The quantitative estimate of drug-likeness (QED) is 0.895. The lowest BCUT2D eigenvalue weighted by Gasteiger charge is -2.06. The van der Waals surface area contributed by atoms with E-state index in [1.54, 1.807) is 12.3 Å². The minimum Gasteiger partial charge on any atom is -0.256 e. The first-order valence-corrected chi connectivity index (χ1v) is 6.94. The van der Waals surface area contributed by atoms with Gasteiger partial charge in [-0.25, -0.2) is 13.1 Å². The predicted octanol–water partition coefficient (Wildman–Crippen LogP) is 1.18. The molecule has 0 atom stereocenters. The average molecular weight is 261 g/mol. The number of nitriles is 1. The largest absolute Gasteiger partial charge is 0.256 e. The number of aromatic nitrogens is 1. The smallest absolute Gasteiger partial charge is 0.225 e. The molecule has 0 saturated carbocycles. The van der Waals surface area contributed by atoms with E-state index in [0.717, 1.165) is 16.5 Å². The fourth-order valence-corrected chi connectivity index (χ4v) is 2.28. The lowest BCUT2D eigenvalue weighted by Crippen LogP contribution is -2.25. The van der Waals surface area contributed by atoms with Gasteiger partial charge in [0.1, 0.15) is 0 Å². The molecule has 1 aromatic carbocycles. The van der Waals surface area contributed by atoms with E-state index in [-0.39, 0.29) is 6.54 Å². The van der Waals surface area contributed by atoms with E-state index in [1.807, 2.05) is 30.3 Å². The van der Waals surface area contributed by atoms with E-state index in [1.165, 1.54) is 0 Å². The number of fused-ring (bicyclic) bond motifs is 1. The standard InChI is InChI=1S/C12H11N3O2S/c13-6-8-18(16,17)15-9-11-4-1-3-10-5-2-7-14-12(10)11/h1-5,7,15H,8-9H2. The van der Waals surface area contributed by atoms with Crippen molar-refractivity contribution in [1.82, 2.24) is 9.71 Å². The van der Waals surface area contributed by atoms with Gasteiger partial charge in [-0.1, -0.05) is 24.3 Å². The maximum Gasteiger partial charge on any atom is 0.225 e. The summed E-state index contributed by atoms with van der Waals surface area (Å²) in [6.45, 7) is 0.137. The predicted molar refractivity (Wildman–Crippen MR) is 68.0 cm³/mol. The number of hydrogen-bond donors (Lipinski definition) is 1. The molecule has 0 unspecified atom stereocenters. The highest BCUT2D eigenvalue weighted by molar-refractivity contribution is 7.89. The fourth-order valence-electron chi connectivity index (χ4n) is 1.63. The summed E-state index contributed by atoms with van der Waals surface area (Å²) >= 11 is 0. The summed E-state index contributed by atoms with van der Waals surface area (Å²) in [7, 11) is -3.54. The minimum absolute atomic E-state index is 0.137. The van der Waals surface area contributed by atoms with Crippen LogP contribution in [0, 0.1) is 11.3 Å². The van der Waals surface area contributed by atoms with Gasteiger partial charge in [-0.3, -0.25) is 4.98 Å². The Bertz CT molecular complexity index is 699. The molecule has 0 aliphatic carbocycles. The summed E-state index contributed by atoms with van der Waals surface area (Å²) in [5.41, 5.74) is 1.55. The van der Waals surface area contributed by atoms with Crippen molar-refractivity contribution in [3.05, 3.63) is 42.1 Å². The molecule has 6 heteroatoms. The molecule has 0 spiro atoms. The van der Waals surface area contributed by atoms with Gasteiger partial charge in [0.2, 0.25) is 10.0 Å². The lowest BCUT2D eigenvalue weighted by atomic mass is 10.1. The van der Waals surface area contributed by atoms with Gasteiger partial charge < -0.3 is 0 Å². The Balaban J connectivity index is 2.26. The van der Waals surface area contributed by atoms with Crippen molar-refractivity contribution in [3.63, 3.8) is 0 Å². The number of rotatable bonds is 4. The Morgan fingerprint density at radius 1 is 1.28 bits per heavy atom. The van der Waals surface area contributed by atoms with Crippen LogP contribution in [0.5, 0.6) is 0 Å². The van der Waals surface area contributed by atoms with E-state index in [4.69, 9.17) is 5.26 Å². The molecule has 2 aromatic rings. The van der Waals surface area contributed by atoms with Crippen LogP contribution in [0.2, 0.25) is 0 Å². The SMILES string of the molecule is N#CCS(=O)(=O)NCc1cccc2cccnc12. The van der Waals surface area contributed by atoms with Crippen LogP contribution >= 0.6 is 0 Å². The van der Waals surface area contributed by atoms with Crippen molar-refractivity contribution in [2.24, 2.45) is 0 Å². The van der Waals surface area contributed by atoms with E-state index in [0.29, 0.717) is 0 Å². The Morgan fingerprint density at radius 2 is 2.06 bits per heavy atom. The van der Waals surface area contributed by atoms with Crippen molar-refractivity contribution in [2.75, 3.05) is 5.75 Å². The maximum absolute atomic E-state index is 11.4. The molecule has 0 aliphatic rings. The normalized spacial score (nSPS) is 11.3. The van der Waals surface area contributed by atoms with Crippen LogP contribution in [-0.4, -0.2) is 19.2 Å². The molecule has 1 heterocycles. The van der Waals surface area contributed by atoms with Crippen molar-refractivity contribution >= 4 is 20.9 Å². The van der Waals surface area contributed by atoms with E-state index in [2.05, 4.69) is 9.71 Å². The van der Waals surface area contributed by atoms with E-state index in [9.17, 15) is 8.42 Å². The van der Waals surface area contributed by atoms with Crippen molar-refractivity contribution in [1.29, 1.82) is 5.26 Å². The van der Waals surface area contributed by atoms with Crippen molar-refractivity contribution in [3.8, 4) is 6.07 Å². The molecule has 1 N–H and O–H groups in total. The van der Waals surface area contributed by atoms with Gasteiger partial charge in [-0.05, 0) is 11.6 Å². The molecule has 0 aliphatic heterocycles. The molecule has 0 saturated heterocycles. The third-order valence-corrected chi connectivity index (χ3v) is 3.55. The molecule has 1 aromatic heterocycles. The molecular formula is C12H11N3O2S. The topological polar surface area (TPSA) is 82.8 Å². The summed E-state index contributed by atoms with van der Waals surface area (Å²) in [6.07, 6.45) is 1.66. The minimum atomic E-state index is -3.54. The average Bonchev–Trinajstić information content (AvgIpc) is 2.36. The number of hydrogen-bond acceptors (Lipinski definition) is 4. The van der Waals surface area contributed by atoms with Gasteiger partial charge in [0.25, 0.3) is 0 Å². The van der Waals surface area contributed by atoms with E-state index < -0.39 is 15.8 Å². The van der Waals surface area contributed by atoms with Gasteiger partial charge in [0.05, 0.1) is 11.6 Å². The van der Waals surface area contributed by atoms with Gasteiger partial charge in [-0.2, -0.15) is 5.26 Å². The molecule has 5 nitrogen and oxygen atoms in total. The summed E-state index contributed by atoms with van der Waals surface area (Å²) in [4.78, 5) is 4.23. The molecule has 0 bridgehead atoms. The zero-order valence-electron chi connectivity index (χ0n) is 9.50. The number of para-hydroxylation sites is 1. The van der Waals surface area contributed by atoms with Crippen LogP contribution in [0.25, 0.3) is 10.9 Å². The lowest BCUT2D eigenvalue weighted by molar-refractivity contribution is 0.585. The second kappa shape index (κ2) is 5.12. The van der Waals surface area contributed by atoms with Crippen molar-refractivity contribution < 1.29 is 8.42 Å². The van der Waals surface area contributed by atoms with Crippen LogP contribution in [0.4, 0.5) is 0 Å². The Morgan fingerprint density at radius 3 is 2.83 bits per heavy atom. The molecule has 92 valence electrons. The van der Waals surface area contributed by atoms with Gasteiger partial charge >= 0.3 is 0 Å². The monoisotopic (exact) mass is 261 g/mol. The van der Waals surface area contributed by atoms with E-state index >= 15 is 0 Å². The first-order chi connectivity index (χ1) is 8.62. The number of nitrogens with zero attached hydrogens (tertiary/aromatic N) is 2. The molecule has 2 rings (SSSR count). The van der Waals surface area contributed by atoms with Crippen LogP contribution in [0.3, 0.4) is 0 Å². The third-order valence-electron chi connectivity index (χ3n) is 2.45. The Hall–Kier alpha value is -1.97. The second-order valence-electron chi connectivity index (χ2n) is 3.73. The third kappa shape index (κ3) is 2.83. The molecule has 0 fully saturated rings. The molecule has 18 heavy (non-hydrogen) atoms. The van der Waals surface area contributed by atoms with Crippen LogP contribution < -0.4 is 4.72 Å². The summed E-state index contributed by atoms with van der Waals surface area (Å²) in [5, 5.41) is 9.34. The number of pyridine rings is 1. The van der Waals surface area contributed by atoms with Crippen LogP contribution in [-0.2, 0) is 16.6 Å². The van der Waals surface area contributed by atoms with Gasteiger partial charge in [0.15, 0.2) is 5.75 Å². The molecular weight excluding hydrogens is 250 g/mol. The first kappa shape index (κ1) is 12.5. The summed E-state index contributed by atoms with van der Waals surface area (Å²) in [5.74, 6) is -0.537.